The van der Waals surface area contributed by atoms with Gasteiger partial charge in [0.1, 0.15) is 10.8 Å². The predicted octanol–water partition coefficient (Wildman–Crippen LogP) is 2.69. The van der Waals surface area contributed by atoms with E-state index in [1.54, 1.807) is 18.4 Å². The number of carboxylic acid groups (broad SMARTS) is 1. The molecule has 0 aliphatic heterocycles. The van der Waals surface area contributed by atoms with Crippen molar-refractivity contribution in [3.63, 3.8) is 0 Å². The summed E-state index contributed by atoms with van der Waals surface area (Å²) in [4.78, 5) is 15.4. The Bertz CT molecular complexity index is 778. The zero-order valence-corrected chi connectivity index (χ0v) is 13.3. The third kappa shape index (κ3) is 3.48. The van der Waals surface area contributed by atoms with Crippen molar-refractivity contribution in [1.29, 1.82) is 0 Å². The van der Waals surface area contributed by atoms with E-state index >= 15 is 0 Å². The summed E-state index contributed by atoms with van der Waals surface area (Å²) in [6.07, 6.45) is 0.535. The molecule has 0 unspecified atom stereocenters. The molecule has 1 heterocycles. The predicted molar refractivity (Wildman–Crippen MR) is 80.5 cm³/mol. The minimum atomic E-state index is -3.60. The number of carbonyl (C=O) groups is 1. The van der Waals surface area contributed by atoms with E-state index in [1.807, 2.05) is 6.92 Å². The highest BCUT2D eigenvalue weighted by molar-refractivity contribution is 7.90. The van der Waals surface area contributed by atoms with Crippen LogP contribution in [0.2, 0.25) is 0 Å². The van der Waals surface area contributed by atoms with Crippen LogP contribution in [0.15, 0.2) is 28.5 Å². The van der Waals surface area contributed by atoms with E-state index in [0.717, 1.165) is 5.69 Å². The lowest BCUT2D eigenvalue weighted by molar-refractivity contribution is 0.0695. The second-order valence-corrected chi connectivity index (χ2v) is 7.55. The lowest BCUT2D eigenvalue weighted by atomic mass is 10.1. The van der Waals surface area contributed by atoms with Crippen LogP contribution in [0.1, 0.15) is 33.5 Å². The summed E-state index contributed by atoms with van der Waals surface area (Å²) in [5, 5.41) is 11.5. The molecule has 5 nitrogen and oxygen atoms in total. The molecule has 21 heavy (non-hydrogen) atoms. The number of aromatic nitrogens is 1. The molecule has 1 aromatic carbocycles. The summed E-state index contributed by atoms with van der Waals surface area (Å²) in [5.41, 5.74) is 1.43. The third-order valence-electron chi connectivity index (χ3n) is 3.03. The van der Waals surface area contributed by atoms with Gasteiger partial charge in [-0.3, -0.25) is 0 Å². The quantitative estimate of drug-likeness (QED) is 0.913. The zero-order valence-electron chi connectivity index (χ0n) is 11.7. The number of aryl methyl sites for hydroxylation is 2. The number of nitrogens with zero attached hydrogens (tertiary/aromatic N) is 1. The van der Waals surface area contributed by atoms with Gasteiger partial charge in [-0.1, -0.05) is 13.0 Å². The number of sulfone groups is 1. The first kappa shape index (κ1) is 15.7. The van der Waals surface area contributed by atoms with Crippen molar-refractivity contribution in [2.75, 3.05) is 0 Å². The van der Waals surface area contributed by atoms with E-state index < -0.39 is 15.8 Å². The smallest absolute Gasteiger partial charge is 0.336 e. The van der Waals surface area contributed by atoms with Gasteiger partial charge in [-0.2, -0.15) is 0 Å². The highest BCUT2D eigenvalue weighted by Gasteiger charge is 2.20. The van der Waals surface area contributed by atoms with Crippen molar-refractivity contribution in [2.45, 2.75) is 30.9 Å². The molecule has 0 aliphatic rings. The standard InChI is InChI=1S/C14H15NO4S2/c1-3-10-4-5-11(6-12(10)14(16)17)21(18,19)8-13-15-9(2)7-20-13/h4-7H,3,8H2,1-2H3,(H,16,17). The summed E-state index contributed by atoms with van der Waals surface area (Å²) in [6.45, 7) is 3.62. The van der Waals surface area contributed by atoms with Crippen molar-refractivity contribution >= 4 is 27.1 Å². The normalized spacial score (nSPS) is 11.5. The number of carboxylic acids is 1. The van der Waals surface area contributed by atoms with Gasteiger partial charge < -0.3 is 5.11 Å². The molecule has 0 amide bonds. The van der Waals surface area contributed by atoms with Crippen molar-refractivity contribution in [3.05, 3.63) is 45.4 Å². The second-order valence-electron chi connectivity index (χ2n) is 4.62. The van der Waals surface area contributed by atoms with Crippen molar-refractivity contribution < 1.29 is 18.3 Å². The fraction of sp³-hybridized carbons (Fsp3) is 0.286. The van der Waals surface area contributed by atoms with Crippen LogP contribution in [-0.4, -0.2) is 24.5 Å². The van der Waals surface area contributed by atoms with Gasteiger partial charge in [0.2, 0.25) is 0 Å². The molecule has 2 rings (SSSR count). The molecule has 1 N–H and O–H groups in total. The Morgan fingerprint density at radius 1 is 1.38 bits per heavy atom. The summed E-state index contributed by atoms with van der Waals surface area (Å²) >= 11 is 1.28. The van der Waals surface area contributed by atoms with Crippen LogP contribution in [0, 0.1) is 6.92 Å². The maximum Gasteiger partial charge on any atom is 0.336 e. The molecule has 0 bridgehead atoms. The van der Waals surface area contributed by atoms with Crippen molar-refractivity contribution in [1.82, 2.24) is 4.98 Å². The lowest BCUT2D eigenvalue weighted by Gasteiger charge is -2.07. The molecule has 7 heteroatoms. The molecular weight excluding hydrogens is 310 g/mol. The highest BCUT2D eigenvalue weighted by Crippen LogP contribution is 2.22. The number of rotatable bonds is 5. The number of aromatic carboxylic acids is 1. The number of thiazole rings is 1. The van der Waals surface area contributed by atoms with Crippen LogP contribution in [-0.2, 0) is 22.0 Å². The fourth-order valence-electron chi connectivity index (χ4n) is 1.97. The van der Waals surface area contributed by atoms with Gasteiger partial charge in [-0.15, -0.1) is 11.3 Å². The summed E-state index contributed by atoms with van der Waals surface area (Å²) in [5.74, 6) is -1.33. The number of hydrogen-bond donors (Lipinski definition) is 1. The van der Waals surface area contributed by atoms with Crippen molar-refractivity contribution in [2.24, 2.45) is 0 Å². The molecule has 0 aliphatic carbocycles. The molecule has 2 aromatic rings. The molecule has 0 atom stereocenters. The number of hydrogen-bond acceptors (Lipinski definition) is 5. The SMILES string of the molecule is CCc1ccc(S(=O)(=O)Cc2nc(C)cs2)cc1C(=O)O. The Balaban J connectivity index is 2.40. The molecule has 0 saturated carbocycles. The van der Waals surface area contributed by atoms with Gasteiger partial charge >= 0.3 is 5.97 Å². The van der Waals surface area contributed by atoms with Gasteiger partial charge in [-0.05, 0) is 31.0 Å². The Hall–Kier alpha value is -1.73. The summed E-state index contributed by atoms with van der Waals surface area (Å²) < 4.78 is 24.7. The lowest BCUT2D eigenvalue weighted by Crippen LogP contribution is -2.08. The Morgan fingerprint density at radius 2 is 2.10 bits per heavy atom. The van der Waals surface area contributed by atoms with E-state index in [9.17, 15) is 18.3 Å². The largest absolute Gasteiger partial charge is 0.478 e. The molecular formula is C14H15NO4S2. The first-order valence-corrected chi connectivity index (χ1v) is 8.86. The minimum absolute atomic E-state index is 0.0185. The Labute approximate surface area is 127 Å². The van der Waals surface area contributed by atoms with Crippen LogP contribution >= 0.6 is 11.3 Å². The summed E-state index contributed by atoms with van der Waals surface area (Å²) in [7, 11) is -3.60. The van der Waals surface area contributed by atoms with Crippen LogP contribution in [0.25, 0.3) is 0 Å². The van der Waals surface area contributed by atoms with Gasteiger partial charge in [0.25, 0.3) is 0 Å². The van der Waals surface area contributed by atoms with E-state index in [2.05, 4.69) is 4.98 Å². The topological polar surface area (TPSA) is 84.3 Å². The zero-order chi connectivity index (χ0) is 15.6. The second kappa shape index (κ2) is 5.95. The van der Waals surface area contributed by atoms with Crippen LogP contribution in [0.3, 0.4) is 0 Å². The summed E-state index contributed by atoms with van der Waals surface area (Å²) in [6, 6.07) is 4.25. The Kier molecular flexibility index (Phi) is 4.43. The first-order chi connectivity index (χ1) is 9.83. The van der Waals surface area contributed by atoms with Gasteiger partial charge in [-0.25, -0.2) is 18.2 Å². The Morgan fingerprint density at radius 3 is 2.62 bits per heavy atom. The van der Waals surface area contributed by atoms with Crippen LogP contribution in [0.5, 0.6) is 0 Å². The van der Waals surface area contributed by atoms with Crippen LogP contribution < -0.4 is 0 Å². The first-order valence-electron chi connectivity index (χ1n) is 6.33. The monoisotopic (exact) mass is 325 g/mol. The van der Waals surface area contributed by atoms with E-state index in [-0.39, 0.29) is 16.2 Å². The molecule has 0 fully saturated rings. The van der Waals surface area contributed by atoms with Crippen LogP contribution in [0.4, 0.5) is 0 Å². The molecule has 1 aromatic heterocycles. The van der Waals surface area contributed by atoms with E-state index in [0.29, 0.717) is 17.0 Å². The van der Waals surface area contributed by atoms with E-state index in [4.69, 9.17) is 0 Å². The van der Waals surface area contributed by atoms with Gasteiger partial charge in [0.05, 0.1) is 10.5 Å². The maximum atomic E-state index is 12.4. The molecule has 0 saturated heterocycles. The average Bonchev–Trinajstić information content (AvgIpc) is 2.82. The molecule has 0 spiro atoms. The van der Waals surface area contributed by atoms with Gasteiger partial charge in [0, 0.05) is 11.1 Å². The minimum Gasteiger partial charge on any atom is -0.478 e. The molecule has 0 radical (unpaired) electrons. The number of benzene rings is 1. The van der Waals surface area contributed by atoms with E-state index in [1.165, 1.54) is 23.5 Å². The average molecular weight is 325 g/mol. The van der Waals surface area contributed by atoms with Crippen molar-refractivity contribution in [3.8, 4) is 0 Å². The molecule has 112 valence electrons. The maximum absolute atomic E-state index is 12.4. The fourth-order valence-corrected chi connectivity index (χ4v) is 4.39. The third-order valence-corrected chi connectivity index (χ3v) is 5.81. The van der Waals surface area contributed by atoms with Gasteiger partial charge in [0.15, 0.2) is 9.84 Å². The highest BCUT2D eigenvalue weighted by atomic mass is 32.2.